The van der Waals surface area contributed by atoms with Crippen LogP contribution >= 0.6 is 22.7 Å². The molecule has 1 aliphatic carbocycles. The van der Waals surface area contributed by atoms with Crippen molar-refractivity contribution >= 4 is 68.3 Å². The highest BCUT2D eigenvalue weighted by Crippen LogP contribution is 2.44. The van der Waals surface area contributed by atoms with Crippen molar-refractivity contribution in [1.29, 1.82) is 0 Å². The number of anilines is 2. The van der Waals surface area contributed by atoms with Gasteiger partial charge < -0.3 is 35.8 Å². The second kappa shape index (κ2) is 18.9. The lowest BCUT2D eigenvalue weighted by Crippen LogP contribution is -2.64. The molecule has 374 valence electrons. The number of aliphatic hydroxyl groups excluding tert-OH is 1. The molecule has 21 heteroatoms. The Kier molecular flexibility index (Phi) is 12.8. The van der Waals surface area contributed by atoms with Gasteiger partial charge in [-0.3, -0.25) is 24.2 Å². The summed E-state index contributed by atoms with van der Waals surface area (Å²) < 4.78 is 16.6. The number of pyridine rings is 1. The van der Waals surface area contributed by atoms with Gasteiger partial charge in [-0.15, -0.1) is 21.5 Å². The van der Waals surface area contributed by atoms with Crippen LogP contribution in [0.2, 0.25) is 0 Å². The van der Waals surface area contributed by atoms with Crippen LogP contribution in [0.3, 0.4) is 0 Å². The Morgan fingerprint density at radius 2 is 1.78 bits per heavy atom. The van der Waals surface area contributed by atoms with E-state index in [0.29, 0.717) is 41.6 Å². The Morgan fingerprint density at radius 1 is 1.00 bits per heavy atom. The molecule has 0 unspecified atom stereocenters. The minimum absolute atomic E-state index is 0.0439. The summed E-state index contributed by atoms with van der Waals surface area (Å²) in [6, 6.07) is 12.2. The molecule has 4 atom stereocenters. The first kappa shape index (κ1) is 48.7. The van der Waals surface area contributed by atoms with E-state index >= 15 is 0 Å². The lowest BCUT2D eigenvalue weighted by atomic mass is 9.73. The largest absolute Gasteiger partial charge is 0.391 e. The van der Waals surface area contributed by atoms with Crippen molar-refractivity contribution in [2.45, 2.75) is 96.1 Å². The van der Waals surface area contributed by atoms with Gasteiger partial charge in [0.05, 0.1) is 69.9 Å². The zero-order valence-corrected chi connectivity index (χ0v) is 42.3. The summed E-state index contributed by atoms with van der Waals surface area (Å²) >= 11 is 3.01. The smallest absolute Gasteiger partial charge is 0.258 e. The maximum absolute atomic E-state index is 14.8. The molecule has 10 rings (SSSR count). The second-order valence-electron chi connectivity index (χ2n) is 20.7. The third-order valence-electron chi connectivity index (χ3n) is 14.4. The van der Waals surface area contributed by atoms with E-state index in [1.165, 1.54) is 33.8 Å². The van der Waals surface area contributed by atoms with Gasteiger partial charge in [-0.1, -0.05) is 56.4 Å². The number of hydrogen-bond acceptors (Lipinski definition) is 14. The molecule has 72 heavy (non-hydrogen) atoms. The average Bonchev–Trinajstić information content (AvgIpc) is 3.85. The molecule has 18 nitrogen and oxygen atoms in total. The van der Waals surface area contributed by atoms with Gasteiger partial charge in [0, 0.05) is 63.5 Å². The summed E-state index contributed by atoms with van der Waals surface area (Å²) in [4.78, 5) is 74.9. The van der Waals surface area contributed by atoms with Crippen LogP contribution in [-0.2, 0) is 19.2 Å². The van der Waals surface area contributed by atoms with Crippen molar-refractivity contribution in [3.63, 3.8) is 0 Å². The van der Waals surface area contributed by atoms with E-state index in [-0.39, 0.29) is 43.6 Å². The third kappa shape index (κ3) is 9.50. The van der Waals surface area contributed by atoms with E-state index in [4.69, 9.17) is 11.6 Å². The average molecular weight is 1010 g/mol. The molecule has 3 saturated heterocycles. The van der Waals surface area contributed by atoms with Gasteiger partial charge in [-0.25, -0.2) is 18.7 Å². The summed E-state index contributed by atoms with van der Waals surface area (Å²) in [5, 5.41) is 35.0. The van der Waals surface area contributed by atoms with Crippen LogP contribution in [0.25, 0.3) is 42.8 Å². The van der Waals surface area contributed by atoms with Crippen LogP contribution in [0.5, 0.6) is 0 Å². The number of aliphatic hydroxyl groups is 1. The van der Waals surface area contributed by atoms with Crippen molar-refractivity contribution in [2.75, 3.05) is 50.0 Å². The summed E-state index contributed by atoms with van der Waals surface area (Å²) in [5.41, 5.74) is 5.72. The van der Waals surface area contributed by atoms with E-state index in [1.54, 1.807) is 43.1 Å². The highest BCUT2D eigenvalue weighted by atomic mass is 32.1. The maximum atomic E-state index is 14.8. The fourth-order valence-electron chi connectivity index (χ4n) is 10.2. The number of amides is 4. The van der Waals surface area contributed by atoms with E-state index < -0.39 is 53.0 Å². The van der Waals surface area contributed by atoms with Crippen molar-refractivity contribution in [2.24, 2.45) is 10.8 Å². The molecular formula is C51H56FN13O5S2. The fraction of sp³-hybridized carbons (Fsp3) is 0.451. The number of thiazole rings is 1. The van der Waals surface area contributed by atoms with Crippen molar-refractivity contribution < 1.29 is 28.7 Å². The van der Waals surface area contributed by atoms with Crippen LogP contribution in [0, 0.1) is 24.3 Å². The zero-order valence-electron chi connectivity index (χ0n) is 40.7. The summed E-state index contributed by atoms with van der Waals surface area (Å²) in [7, 11) is 1.85. The predicted molar refractivity (Wildman–Crippen MR) is 272 cm³/mol. The number of nitrogens with zero attached hydrogens (tertiary/aromatic N) is 10. The van der Waals surface area contributed by atoms with Gasteiger partial charge in [0.2, 0.25) is 28.5 Å². The maximum Gasteiger partial charge on any atom is 0.258 e. The molecule has 4 aliphatic rings. The number of aryl methyl sites for hydroxylation is 1. The van der Waals surface area contributed by atoms with E-state index in [2.05, 4.69) is 46.0 Å². The minimum atomic E-state index is -2.01. The normalized spacial score (nSPS) is 19.9. The summed E-state index contributed by atoms with van der Waals surface area (Å²) in [6.45, 7) is 16.9. The molecule has 1 spiro atoms. The Hall–Kier alpha value is -6.89. The minimum Gasteiger partial charge on any atom is -0.391 e. The number of halogens is 1. The van der Waals surface area contributed by atoms with Crippen LogP contribution in [-0.4, -0.2) is 132 Å². The highest BCUT2D eigenvalue weighted by Gasteiger charge is 2.54. The number of rotatable bonds is 13. The molecule has 1 aromatic carbocycles. The first-order chi connectivity index (χ1) is 34.4. The number of carbonyl (C=O) groups excluding carboxylic acids is 4. The number of hydrogen-bond donors (Lipinski definition) is 4. The molecule has 6 aromatic rings. The SMILES string of the molecule is [C-]#[N+]c1cnn2c(-c3cc(NC)c(-c4nnc(N5CCCC6(CN(C(=O)C[C@H](NC(=O)[C@@H]7C[C@@H](O)CN7C(=O)[C@@H](NC(=O)C7(F)CC7)C(C)(C)C)c7ccc(-c8scnc8C)cc7)C6)C5)s4)cn3)ccc2c1. The number of likely N-dealkylation sites (tertiary alicyclic amines) is 2. The van der Waals surface area contributed by atoms with E-state index in [9.17, 15) is 28.7 Å². The van der Waals surface area contributed by atoms with Crippen molar-refractivity contribution in [1.82, 2.24) is 50.2 Å². The Morgan fingerprint density at radius 3 is 2.47 bits per heavy atom. The lowest BCUT2D eigenvalue weighted by Gasteiger charge is -2.54. The Balaban J connectivity index is 0.826. The number of benzene rings is 1. The Bertz CT molecular complexity index is 3110. The number of aromatic nitrogens is 6. The van der Waals surface area contributed by atoms with Crippen molar-refractivity contribution in [3.05, 3.63) is 89.1 Å². The molecule has 4 fully saturated rings. The highest BCUT2D eigenvalue weighted by molar-refractivity contribution is 7.18. The van der Waals surface area contributed by atoms with Gasteiger partial charge >= 0.3 is 0 Å². The van der Waals surface area contributed by atoms with Crippen LogP contribution in [0.4, 0.5) is 20.9 Å². The molecule has 4 amide bonds. The molecular weight excluding hydrogens is 958 g/mol. The van der Waals surface area contributed by atoms with Crippen molar-refractivity contribution in [3.8, 4) is 32.4 Å². The first-order valence-corrected chi connectivity index (χ1v) is 25.8. The van der Waals surface area contributed by atoms with Gasteiger partial charge in [-0.2, -0.15) is 5.10 Å². The van der Waals surface area contributed by atoms with E-state index in [0.717, 1.165) is 63.1 Å². The molecule has 0 bridgehead atoms. The quantitative estimate of drug-likeness (QED) is 0.0902. The van der Waals surface area contributed by atoms with Gasteiger partial charge in [0.1, 0.15) is 12.1 Å². The van der Waals surface area contributed by atoms with E-state index in [1.807, 2.05) is 61.3 Å². The predicted octanol–water partition coefficient (Wildman–Crippen LogP) is 6.61. The number of piperidine rings is 1. The molecule has 0 radical (unpaired) electrons. The monoisotopic (exact) mass is 1010 g/mol. The summed E-state index contributed by atoms with van der Waals surface area (Å²) in [5.74, 6) is -2.11. The molecule has 4 N–H and O–H groups in total. The number of alkyl halides is 1. The standard InChI is InChI=1S/C51H56FN13O5S2/c1-29-42(71-28-56-29)31-10-8-30(9-11-31)36(58-44(68)40-19-34(66)24-64(40)46(69)43(49(2,3)4)59-47(70)51(52)15-16-51)21-41(67)63-26-50(27-63)14-7-17-62(25-50)48-61-60-45(72-48)35-23-55-38(20-37(35)54-6)39-13-12-33-18-32(53-5)22-57-65(33)39/h8-13,18,20,22-23,28,34,36,40,43,66H,7,14-17,19,21,24-27H2,1-4,6H3,(H,54,55)(H,58,68)(H,59,70)/t34-,36+,40+,43-/m1/s1. The fourth-order valence-corrected chi connectivity index (χ4v) is 11.9. The molecule has 3 aliphatic heterocycles. The van der Waals surface area contributed by atoms with Crippen LogP contribution in [0.15, 0.2) is 66.4 Å². The van der Waals surface area contributed by atoms with Gasteiger partial charge in [0.25, 0.3) is 5.91 Å². The topological polar surface area (TPSA) is 208 Å². The summed E-state index contributed by atoms with van der Waals surface area (Å²) in [6.07, 6.45) is 4.23. The molecule has 1 saturated carbocycles. The number of fused-ring (bicyclic) bond motifs is 1. The van der Waals surface area contributed by atoms with Gasteiger partial charge in [0.15, 0.2) is 10.7 Å². The number of β-amino-alcohol motifs (C(OH)–C–C–N with tert-alkyl or cyclic N) is 1. The molecule has 5 aromatic heterocycles. The van der Waals surface area contributed by atoms with Crippen LogP contribution in [0.1, 0.15) is 76.6 Å². The second-order valence-corrected chi connectivity index (χ2v) is 22.5. The lowest BCUT2D eigenvalue weighted by molar-refractivity contribution is -0.146. The first-order valence-electron chi connectivity index (χ1n) is 24.1. The zero-order chi connectivity index (χ0) is 50.7. The van der Waals surface area contributed by atoms with Crippen LogP contribution < -0.4 is 20.9 Å². The third-order valence-corrected chi connectivity index (χ3v) is 16.4. The Labute approximate surface area is 423 Å². The van der Waals surface area contributed by atoms with Gasteiger partial charge in [-0.05, 0) is 73.4 Å². The number of carbonyl (C=O) groups is 4. The molecule has 8 heterocycles. The number of nitrogens with one attached hydrogen (secondary N) is 3.